The van der Waals surface area contributed by atoms with Crippen molar-refractivity contribution in [1.82, 2.24) is 4.98 Å². The average Bonchev–Trinajstić information content (AvgIpc) is 2.99. The highest BCUT2D eigenvalue weighted by Gasteiger charge is 2.29. The SMILES string of the molecule is O=C(O)[C@@H]1CCN(c2ccc(Cl)c(-c3ccc(F)cc3)n2)C1. The lowest BCUT2D eigenvalue weighted by Gasteiger charge is -2.18. The van der Waals surface area contributed by atoms with E-state index in [1.807, 2.05) is 4.90 Å². The molecule has 0 aliphatic carbocycles. The molecule has 2 aromatic rings. The topological polar surface area (TPSA) is 53.4 Å². The molecule has 0 saturated carbocycles. The van der Waals surface area contributed by atoms with Gasteiger partial charge in [-0.15, -0.1) is 0 Å². The van der Waals surface area contributed by atoms with E-state index in [9.17, 15) is 9.18 Å². The molecule has 0 amide bonds. The highest BCUT2D eigenvalue weighted by atomic mass is 35.5. The summed E-state index contributed by atoms with van der Waals surface area (Å²) in [6.07, 6.45) is 0.603. The summed E-state index contributed by atoms with van der Waals surface area (Å²) in [5.74, 6) is -0.783. The smallest absolute Gasteiger partial charge is 0.308 e. The van der Waals surface area contributed by atoms with Gasteiger partial charge >= 0.3 is 5.97 Å². The van der Waals surface area contributed by atoms with Gasteiger partial charge in [0.15, 0.2) is 0 Å². The maximum atomic E-state index is 13.0. The number of aliphatic carboxylic acids is 1. The van der Waals surface area contributed by atoms with Crippen LogP contribution in [0.2, 0.25) is 5.02 Å². The molecule has 6 heteroatoms. The van der Waals surface area contributed by atoms with Crippen LogP contribution >= 0.6 is 11.6 Å². The number of rotatable bonds is 3. The predicted molar refractivity (Wildman–Crippen MR) is 82.6 cm³/mol. The molecule has 3 rings (SSSR count). The second-order valence-electron chi connectivity index (χ2n) is 5.28. The van der Waals surface area contributed by atoms with E-state index in [2.05, 4.69) is 4.98 Å². The first-order valence-corrected chi connectivity index (χ1v) is 7.32. The largest absolute Gasteiger partial charge is 0.481 e. The van der Waals surface area contributed by atoms with Crippen molar-refractivity contribution in [3.05, 3.63) is 47.2 Å². The molecule has 1 aliphatic heterocycles. The van der Waals surface area contributed by atoms with Crippen molar-refractivity contribution in [1.29, 1.82) is 0 Å². The van der Waals surface area contributed by atoms with Crippen LogP contribution in [0.1, 0.15) is 6.42 Å². The van der Waals surface area contributed by atoms with Crippen LogP contribution in [0.15, 0.2) is 36.4 Å². The van der Waals surface area contributed by atoms with Gasteiger partial charge in [-0.2, -0.15) is 0 Å². The first kappa shape index (κ1) is 14.8. The first-order valence-electron chi connectivity index (χ1n) is 6.95. The molecule has 4 nitrogen and oxygen atoms in total. The van der Waals surface area contributed by atoms with Crippen LogP contribution in [0.4, 0.5) is 10.2 Å². The van der Waals surface area contributed by atoms with Crippen LogP contribution < -0.4 is 4.90 Å². The Hall–Kier alpha value is -2.14. The Morgan fingerprint density at radius 3 is 2.64 bits per heavy atom. The van der Waals surface area contributed by atoms with Gasteiger partial charge in [-0.25, -0.2) is 9.37 Å². The summed E-state index contributed by atoms with van der Waals surface area (Å²) in [6.45, 7) is 1.08. The lowest BCUT2D eigenvalue weighted by molar-refractivity contribution is -0.140. The Labute approximate surface area is 132 Å². The molecule has 1 aromatic heterocycles. The highest BCUT2D eigenvalue weighted by Crippen LogP contribution is 2.30. The summed E-state index contributed by atoms with van der Waals surface area (Å²) >= 11 is 6.19. The van der Waals surface area contributed by atoms with Crippen LogP contribution in [-0.2, 0) is 4.79 Å². The zero-order chi connectivity index (χ0) is 15.7. The number of carbonyl (C=O) groups is 1. The van der Waals surface area contributed by atoms with Gasteiger partial charge in [0, 0.05) is 18.7 Å². The molecule has 114 valence electrons. The van der Waals surface area contributed by atoms with Crippen molar-refractivity contribution in [2.75, 3.05) is 18.0 Å². The molecule has 0 radical (unpaired) electrons. The van der Waals surface area contributed by atoms with E-state index in [1.54, 1.807) is 24.3 Å². The number of nitrogens with zero attached hydrogens (tertiary/aromatic N) is 2. The minimum atomic E-state index is -0.782. The molecule has 1 saturated heterocycles. The quantitative estimate of drug-likeness (QED) is 0.941. The fraction of sp³-hybridized carbons (Fsp3) is 0.250. The minimum absolute atomic E-state index is 0.320. The number of hydrogen-bond acceptors (Lipinski definition) is 3. The zero-order valence-corrected chi connectivity index (χ0v) is 12.4. The van der Waals surface area contributed by atoms with Crippen molar-refractivity contribution < 1.29 is 14.3 Å². The zero-order valence-electron chi connectivity index (χ0n) is 11.7. The van der Waals surface area contributed by atoms with Gasteiger partial charge in [-0.1, -0.05) is 11.6 Å². The molecular weight excluding hydrogens is 307 g/mol. The molecule has 1 fully saturated rings. The van der Waals surface area contributed by atoms with Gasteiger partial charge < -0.3 is 10.0 Å². The second kappa shape index (κ2) is 5.93. The molecule has 1 N–H and O–H groups in total. The van der Waals surface area contributed by atoms with E-state index < -0.39 is 5.97 Å². The molecular formula is C16H14ClFN2O2. The van der Waals surface area contributed by atoms with Gasteiger partial charge in [0.2, 0.25) is 0 Å². The third kappa shape index (κ3) is 2.90. The summed E-state index contributed by atoms with van der Waals surface area (Å²) in [5, 5.41) is 9.55. The Morgan fingerprint density at radius 1 is 1.27 bits per heavy atom. The van der Waals surface area contributed by atoms with Gasteiger partial charge in [0.1, 0.15) is 11.6 Å². The van der Waals surface area contributed by atoms with E-state index in [0.717, 1.165) is 5.56 Å². The van der Waals surface area contributed by atoms with E-state index >= 15 is 0 Å². The average molecular weight is 321 g/mol. The number of benzene rings is 1. The summed E-state index contributed by atoms with van der Waals surface area (Å²) in [7, 11) is 0. The summed E-state index contributed by atoms with van der Waals surface area (Å²) in [6, 6.07) is 9.47. The Balaban J connectivity index is 1.90. The summed E-state index contributed by atoms with van der Waals surface area (Å²) in [5.41, 5.74) is 1.29. The van der Waals surface area contributed by atoms with Crippen LogP contribution in [0.3, 0.4) is 0 Å². The van der Waals surface area contributed by atoms with Crippen molar-refractivity contribution in [3.8, 4) is 11.3 Å². The normalized spacial score (nSPS) is 17.7. The number of halogens is 2. The monoisotopic (exact) mass is 320 g/mol. The fourth-order valence-corrected chi connectivity index (χ4v) is 2.80. The third-order valence-electron chi connectivity index (χ3n) is 3.81. The third-order valence-corrected chi connectivity index (χ3v) is 4.12. The van der Waals surface area contributed by atoms with Crippen LogP contribution in [0.25, 0.3) is 11.3 Å². The number of carboxylic acids is 1. The highest BCUT2D eigenvalue weighted by molar-refractivity contribution is 6.33. The molecule has 0 bridgehead atoms. The standard InChI is InChI=1S/C16H14ClFN2O2/c17-13-5-6-14(20-8-7-11(9-20)16(21)22)19-15(13)10-1-3-12(18)4-2-10/h1-6,11H,7-9H2,(H,21,22)/t11-/m1/s1. The molecule has 2 heterocycles. The number of anilines is 1. The second-order valence-corrected chi connectivity index (χ2v) is 5.68. The maximum Gasteiger partial charge on any atom is 0.308 e. The van der Waals surface area contributed by atoms with Crippen molar-refractivity contribution in [3.63, 3.8) is 0 Å². The molecule has 0 spiro atoms. The Bertz CT molecular complexity index is 706. The Kier molecular flexibility index (Phi) is 3.98. The van der Waals surface area contributed by atoms with Gasteiger partial charge in [0.25, 0.3) is 0 Å². The van der Waals surface area contributed by atoms with Gasteiger partial charge in [0.05, 0.1) is 16.6 Å². The van der Waals surface area contributed by atoms with Crippen LogP contribution in [-0.4, -0.2) is 29.1 Å². The maximum absolute atomic E-state index is 13.0. The van der Waals surface area contributed by atoms with Crippen molar-refractivity contribution in [2.24, 2.45) is 5.92 Å². The number of aromatic nitrogens is 1. The Morgan fingerprint density at radius 2 is 2.00 bits per heavy atom. The molecule has 1 aliphatic rings. The lowest BCUT2D eigenvalue weighted by atomic mass is 10.1. The van der Waals surface area contributed by atoms with Crippen LogP contribution in [0.5, 0.6) is 0 Å². The van der Waals surface area contributed by atoms with E-state index in [1.165, 1.54) is 12.1 Å². The number of carboxylic acid groups (broad SMARTS) is 1. The molecule has 1 aromatic carbocycles. The lowest BCUT2D eigenvalue weighted by Crippen LogP contribution is -2.23. The first-order chi connectivity index (χ1) is 10.5. The fourth-order valence-electron chi connectivity index (χ4n) is 2.59. The van der Waals surface area contributed by atoms with Crippen molar-refractivity contribution >= 4 is 23.4 Å². The molecule has 0 unspecified atom stereocenters. The summed E-state index contributed by atoms with van der Waals surface area (Å²) in [4.78, 5) is 17.5. The molecule has 1 atom stereocenters. The van der Waals surface area contributed by atoms with E-state index in [0.29, 0.717) is 36.0 Å². The molecule has 22 heavy (non-hydrogen) atoms. The number of pyridine rings is 1. The summed E-state index contributed by atoms with van der Waals surface area (Å²) < 4.78 is 13.0. The van der Waals surface area contributed by atoms with Gasteiger partial charge in [-0.05, 0) is 42.8 Å². The van der Waals surface area contributed by atoms with Crippen molar-refractivity contribution in [2.45, 2.75) is 6.42 Å². The van der Waals surface area contributed by atoms with Gasteiger partial charge in [-0.3, -0.25) is 4.79 Å². The van der Waals surface area contributed by atoms with Crippen LogP contribution in [0, 0.1) is 11.7 Å². The number of hydrogen-bond donors (Lipinski definition) is 1. The van der Waals surface area contributed by atoms with E-state index in [-0.39, 0.29) is 11.7 Å². The van der Waals surface area contributed by atoms with E-state index in [4.69, 9.17) is 16.7 Å². The minimum Gasteiger partial charge on any atom is -0.481 e. The predicted octanol–water partition coefficient (Wildman–Crippen LogP) is 3.45.